The molecule has 3 aromatic carbocycles. The first-order valence-electron chi connectivity index (χ1n) is 6.74. The van der Waals surface area contributed by atoms with E-state index in [9.17, 15) is 0 Å². The minimum absolute atomic E-state index is 0.279. The van der Waals surface area contributed by atoms with Crippen LogP contribution in [0.1, 0.15) is 18.5 Å². The molecule has 0 radical (unpaired) electrons. The molecular weight excluding hydrogens is 310 g/mol. The minimum Gasteiger partial charge on any atom is -0.378 e. The lowest BCUT2D eigenvalue weighted by molar-refractivity contribution is 0.887. The summed E-state index contributed by atoms with van der Waals surface area (Å²) in [7, 11) is 0. The summed E-state index contributed by atoms with van der Waals surface area (Å²) in [5.74, 6) is 0. The minimum atomic E-state index is 0.279. The fourth-order valence-electron chi connectivity index (χ4n) is 2.45. The molecule has 0 aliphatic rings. The second-order valence-electron chi connectivity index (χ2n) is 4.92. The van der Waals surface area contributed by atoms with E-state index in [2.05, 4.69) is 88.8 Å². The Balaban J connectivity index is 1.97. The van der Waals surface area contributed by atoms with Crippen LogP contribution in [-0.4, -0.2) is 0 Å². The molecule has 0 aliphatic heterocycles. The summed E-state index contributed by atoms with van der Waals surface area (Å²) in [6.45, 7) is 2.19. The van der Waals surface area contributed by atoms with Crippen LogP contribution in [0.15, 0.2) is 71.2 Å². The molecule has 0 fully saturated rings. The van der Waals surface area contributed by atoms with Gasteiger partial charge in [0, 0.05) is 21.6 Å². The summed E-state index contributed by atoms with van der Waals surface area (Å²) in [5, 5.41) is 6.08. The first kappa shape index (κ1) is 13.2. The average Bonchev–Trinajstić information content (AvgIpc) is 2.51. The SMILES string of the molecule is CC(Nc1ccc(Br)c2ccccc12)c1ccccc1. The molecule has 1 nitrogen and oxygen atoms in total. The third kappa shape index (κ3) is 2.56. The van der Waals surface area contributed by atoms with Crippen LogP contribution in [0.25, 0.3) is 10.8 Å². The Morgan fingerprint density at radius 3 is 2.20 bits per heavy atom. The lowest BCUT2D eigenvalue weighted by Gasteiger charge is -2.18. The number of rotatable bonds is 3. The number of fused-ring (bicyclic) bond motifs is 1. The third-order valence-corrected chi connectivity index (χ3v) is 4.23. The standard InChI is InChI=1S/C18H16BrN/c1-13(14-7-3-2-4-8-14)20-18-12-11-17(19)15-9-5-6-10-16(15)18/h2-13,20H,1H3. The molecule has 0 saturated heterocycles. The molecule has 1 unspecified atom stereocenters. The molecule has 0 saturated carbocycles. The monoisotopic (exact) mass is 325 g/mol. The molecule has 1 atom stereocenters. The van der Waals surface area contributed by atoms with Crippen molar-refractivity contribution in [2.24, 2.45) is 0 Å². The highest BCUT2D eigenvalue weighted by atomic mass is 79.9. The summed E-state index contributed by atoms with van der Waals surface area (Å²) >= 11 is 3.61. The highest BCUT2D eigenvalue weighted by Crippen LogP contribution is 2.31. The zero-order chi connectivity index (χ0) is 13.9. The molecule has 0 aromatic heterocycles. The molecule has 0 amide bonds. The van der Waals surface area contributed by atoms with Gasteiger partial charge in [-0.05, 0) is 30.0 Å². The van der Waals surface area contributed by atoms with E-state index in [0.717, 1.165) is 4.47 Å². The van der Waals surface area contributed by atoms with Crippen molar-refractivity contribution in [3.05, 3.63) is 76.8 Å². The van der Waals surface area contributed by atoms with Crippen molar-refractivity contribution >= 4 is 32.4 Å². The zero-order valence-corrected chi connectivity index (χ0v) is 12.9. The van der Waals surface area contributed by atoms with E-state index in [1.54, 1.807) is 0 Å². The smallest absolute Gasteiger partial charge is 0.0485 e. The van der Waals surface area contributed by atoms with E-state index in [0.29, 0.717) is 0 Å². The van der Waals surface area contributed by atoms with Crippen molar-refractivity contribution in [2.75, 3.05) is 5.32 Å². The Kier molecular flexibility index (Phi) is 3.75. The fraction of sp³-hybridized carbons (Fsp3) is 0.111. The second-order valence-corrected chi connectivity index (χ2v) is 5.77. The molecular formula is C18H16BrN. The van der Waals surface area contributed by atoms with Gasteiger partial charge in [0.05, 0.1) is 0 Å². The Bertz CT molecular complexity index is 722. The second kappa shape index (κ2) is 5.68. The van der Waals surface area contributed by atoms with Crippen LogP contribution in [0, 0.1) is 0 Å². The first-order chi connectivity index (χ1) is 9.75. The van der Waals surface area contributed by atoms with Gasteiger partial charge < -0.3 is 5.32 Å². The van der Waals surface area contributed by atoms with Gasteiger partial charge in [-0.2, -0.15) is 0 Å². The Morgan fingerprint density at radius 1 is 0.800 bits per heavy atom. The fourth-order valence-corrected chi connectivity index (χ4v) is 2.92. The Morgan fingerprint density at radius 2 is 1.45 bits per heavy atom. The number of benzene rings is 3. The van der Waals surface area contributed by atoms with E-state index in [4.69, 9.17) is 0 Å². The highest BCUT2D eigenvalue weighted by Gasteiger charge is 2.08. The van der Waals surface area contributed by atoms with Crippen molar-refractivity contribution in [3.63, 3.8) is 0 Å². The Labute approximate surface area is 127 Å². The molecule has 100 valence electrons. The van der Waals surface area contributed by atoms with Gasteiger partial charge in [-0.15, -0.1) is 0 Å². The summed E-state index contributed by atoms with van der Waals surface area (Å²) in [5.41, 5.74) is 2.46. The number of hydrogen-bond donors (Lipinski definition) is 1. The molecule has 3 aromatic rings. The maximum Gasteiger partial charge on any atom is 0.0485 e. The van der Waals surface area contributed by atoms with Crippen LogP contribution in [0.4, 0.5) is 5.69 Å². The van der Waals surface area contributed by atoms with E-state index < -0.39 is 0 Å². The van der Waals surface area contributed by atoms with Gasteiger partial charge in [-0.25, -0.2) is 0 Å². The lowest BCUT2D eigenvalue weighted by Crippen LogP contribution is -2.06. The van der Waals surface area contributed by atoms with Crippen molar-refractivity contribution in [1.82, 2.24) is 0 Å². The van der Waals surface area contributed by atoms with Gasteiger partial charge in [0.2, 0.25) is 0 Å². The van der Waals surface area contributed by atoms with Gasteiger partial charge in [-0.1, -0.05) is 70.5 Å². The van der Waals surface area contributed by atoms with Crippen LogP contribution in [0.2, 0.25) is 0 Å². The predicted molar refractivity (Wildman–Crippen MR) is 90.1 cm³/mol. The quantitative estimate of drug-likeness (QED) is 0.644. The first-order valence-corrected chi connectivity index (χ1v) is 7.54. The summed E-state index contributed by atoms with van der Waals surface area (Å²) in [6, 6.07) is 23.4. The molecule has 20 heavy (non-hydrogen) atoms. The van der Waals surface area contributed by atoms with Crippen LogP contribution in [-0.2, 0) is 0 Å². The van der Waals surface area contributed by atoms with Crippen molar-refractivity contribution in [3.8, 4) is 0 Å². The molecule has 2 heteroatoms. The van der Waals surface area contributed by atoms with Gasteiger partial charge in [0.1, 0.15) is 0 Å². The molecule has 3 rings (SSSR count). The van der Waals surface area contributed by atoms with Gasteiger partial charge in [0.15, 0.2) is 0 Å². The highest BCUT2D eigenvalue weighted by molar-refractivity contribution is 9.10. The van der Waals surface area contributed by atoms with Crippen LogP contribution >= 0.6 is 15.9 Å². The molecule has 0 aliphatic carbocycles. The van der Waals surface area contributed by atoms with Gasteiger partial charge in [0.25, 0.3) is 0 Å². The van der Waals surface area contributed by atoms with E-state index >= 15 is 0 Å². The topological polar surface area (TPSA) is 12.0 Å². The maximum absolute atomic E-state index is 3.61. The molecule has 0 bridgehead atoms. The molecule has 1 N–H and O–H groups in total. The predicted octanol–water partition coefficient (Wildman–Crippen LogP) is 5.78. The van der Waals surface area contributed by atoms with Gasteiger partial charge in [-0.3, -0.25) is 0 Å². The van der Waals surface area contributed by atoms with Gasteiger partial charge >= 0.3 is 0 Å². The number of halogens is 1. The number of nitrogens with one attached hydrogen (secondary N) is 1. The normalized spacial score (nSPS) is 12.3. The van der Waals surface area contributed by atoms with Crippen LogP contribution < -0.4 is 5.32 Å². The zero-order valence-electron chi connectivity index (χ0n) is 11.3. The van der Waals surface area contributed by atoms with Crippen molar-refractivity contribution in [1.29, 1.82) is 0 Å². The van der Waals surface area contributed by atoms with E-state index in [-0.39, 0.29) is 6.04 Å². The number of anilines is 1. The Hall–Kier alpha value is -1.80. The van der Waals surface area contributed by atoms with E-state index in [1.807, 2.05) is 6.07 Å². The van der Waals surface area contributed by atoms with E-state index in [1.165, 1.54) is 22.0 Å². The largest absolute Gasteiger partial charge is 0.378 e. The summed E-state index contributed by atoms with van der Waals surface area (Å²) in [4.78, 5) is 0. The maximum atomic E-state index is 3.61. The lowest BCUT2D eigenvalue weighted by atomic mass is 10.1. The summed E-state index contributed by atoms with van der Waals surface area (Å²) < 4.78 is 1.13. The van der Waals surface area contributed by atoms with Crippen molar-refractivity contribution < 1.29 is 0 Å². The molecule has 0 spiro atoms. The number of hydrogen-bond acceptors (Lipinski definition) is 1. The van der Waals surface area contributed by atoms with Crippen LogP contribution in [0.5, 0.6) is 0 Å². The molecule has 0 heterocycles. The average molecular weight is 326 g/mol. The summed E-state index contributed by atoms with van der Waals surface area (Å²) in [6.07, 6.45) is 0. The van der Waals surface area contributed by atoms with Crippen LogP contribution in [0.3, 0.4) is 0 Å². The third-order valence-electron chi connectivity index (χ3n) is 3.54. The van der Waals surface area contributed by atoms with Crippen molar-refractivity contribution in [2.45, 2.75) is 13.0 Å².